The number of pyridine rings is 1. The molecule has 1 aromatic carbocycles. The van der Waals surface area contributed by atoms with Crippen molar-refractivity contribution >= 4 is 23.2 Å². The first-order chi connectivity index (χ1) is 11.5. The minimum atomic E-state index is -0.412. The molecule has 0 aliphatic rings. The molecule has 124 valence electrons. The van der Waals surface area contributed by atoms with Crippen molar-refractivity contribution in [2.75, 3.05) is 5.32 Å². The molecule has 2 N–H and O–H groups in total. The fourth-order valence-corrected chi connectivity index (χ4v) is 2.12. The lowest BCUT2D eigenvalue weighted by atomic mass is 10.1. The summed E-state index contributed by atoms with van der Waals surface area (Å²) in [7, 11) is 0. The third-order valence-electron chi connectivity index (χ3n) is 3.32. The maximum Gasteiger partial charge on any atom is 0.289 e. The molecule has 6 nitrogen and oxygen atoms in total. The van der Waals surface area contributed by atoms with Gasteiger partial charge < -0.3 is 5.32 Å². The van der Waals surface area contributed by atoms with E-state index in [1.165, 1.54) is 6.20 Å². The van der Waals surface area contributed by atoms with Crippen molar-refractivity contribution in [1.29, 1.82) is 0 Å². The van der Waals surface area contributed by atoms with Gasteiger partial charge in [0.1, 0.15) is 5.69 Å². The summed E-state index contributed by atoms with van der Waals surface area (Å²) in [4.78, 5) is 27.8. The Bertz CT molecular complexity index is 770. The Kier molecular flexibility index (Phi) is 5.78. The quantitative estimate of drug-likeness (QED) is 0.655. The van der Waals surface area contributed by atoms with E-state index in [0.717, 1.165) is 16.8 Å². The van der Waals surface area contributed by atoms with Gasteiger partial charge in [0.2, 0.25) is 5.91 Å². The first kappa shape index (κ1) is 17.3. The number of hydrazone groups is 1. The second-order valence-electron chi connectivity index (χ2n) is 5.55. The predicted molar refractivity (Wildman–Crippen MR) is 94.0 cm³/mol. The summed E-state index contributed by atoms with van der Waals surface area (Å²) in [6, 6.07) is 10.9. The molecule has 0 atom stereocenters. The van der Waals surface area contributed by atoms with Crippen molar-refractivity contribution in [2.24, 2.45) is 5.10 Å². The second-order valence-corrected chi connectivity index (χ2v) is 5.55. The number of aryl methyl sites for hydroxylation is 2. The highest BCUT2D eigenvalue weighted by atomic mass is 16.2. The molecular weight excluding hydrogens is 304 g/mol. The van der Waals surface area contributed by atoms with Crippen LogP contribution in [-0.2, 0) is 4.79 Å². The maximum absolute atomic E-state index is 12.1. The zero-order chi connectivity index (χ0) is 17.5. The van der Waals surface area contributed by atoms with E-state index in [-0.39, 0.29) is 18.0 Å². The third kappa shape index (κ3) is 5.01. The standard InChI is InChI=1S/C18H20N4O2/c1-12-7-8-15(13(2)10-12)20-17(23)11-14(3)21-22-18(24)16-6-4-5-9-19-16/h4-10H,11H2,1-3H3,(H,20,23)(H,22,24). The van der Waals surface area contributed by atoms with E-state index in [2.05, 4.69) is 20.8 Å². The number of carbonyl (C=O) groups excluding carboxylic acids is 2. The minimum Gasteiger partial charge on any atom is -0.326 e. The molecule has 6 heteroatoms. The number of carbonyl (C=O) groups is 2. The molecule has 0 fully saturated rings. The molecule has 0 unspecified atom stereocenters. The molecule has 0 radical (unpaired) electrons. The van der Waals surface area contributed by atoms with Crippen LogP contribution in [0.4, 0.5) is 5.69 Å². The summed E-state index contributed by atoms with van der Waals surface area (Å²) >= 11 is 0. The summed E-state index contributed by atoms with van der Waals surface area (Å²) < 4.78 is 0. The van der Waals surface area contributed by atoms with Crippen LogP contribution in [0.1, 0.15) is 35.0 Å². The SMILES string of the molecule is CC(CC(=O)Nc1ccc(C)cc1C)=NNC(=O)c1ccccn1. The number of rotatable bonds is 5. The summed E-state index contributed by atoms with van der Waals surface area (Å²) in [5, 5.41) is 6.78. The number of amides is 2. The largest absolute Gasteiger partial charge is 0.326 e. The fourth-order valence-electron chi connectivity index (χ4n) is 2.12. The van der Waals surface area contributed by atoms with Gasteiger partial charge in [-0.25, -0.2) is 5.43 Å². The van der Waals surface area contributed by atoms with E-state index in [4.69, 9.17) is 0 Å². The normalized spacial score (nSPS) is 11.0. The third-order valence-corrected chi connectivity index (χ3v) is 3.32. The Morgan fingerprint density at radius 1 is 1.17 bits per heavy atom. The van der Waals surface area contributed by atoms with Crippen molar-refractivity contribution in [1.82, 2.24) is 10.4 Å². The smallest absolute Gasteiger partial charge is 0.289 e. The highest BCUT2D eigenvalue weighted by Gasteiger charge is 2.08. The van der Waals surface area contributed by atoms with Crippen LogP contribution in [0.2, 0.25) is 0 Å². The lowest BCUT2D eigenvalue weighted by Crippen LogP contribution is -2.22. The Labute approximate surface area is 141 Å². The fraction of sp³-hybridized carbons (Fsp3) is 0.222. The summed E-state index contributed by atoms with van der Waals surface area (Å²) in [5.74, 6) is -0.597. The van der Waals surface area contributed by atoms with Gasteiger partial charge in [0.25, 0.3) is 5.91 Å². The van der Waals surface area contributed by atoms with Crippen LogP contribution in [0.3, 0.4) is 0 Å². The van der Waals surface area contributed by atoms with Gasteiger partial charge in [-0.15, -0.1) is 0 Å². The zero-order valence-electron chi connectivity index (χ0n) is 14.0. The van der Waals surface area contributed by atoms with Gasteiger partial charge in [-0.3, -0.25) is 14.6 Å². The number of nitrogens with zero attached hydrogens (tertiary/aromatic N) is 2. The van der Waals surface area contributed by atoms with Crippen LogP contribution < -0.4 is 10.7 Å². The molecular formula is C18H20N4O2. The van der Waals surface area contributed by atoms with E-state index in [1.807, 2.05) is 32.0 Å². The lowest BCUT2D eigenvalue weighted by molar-refractivity contribution is -0.115. The average Bonchev–Trinajstić information content (AvgIpc) is 2.56. The number of nitrogens with one attached hydrogen (secondary N) is 2. The van der Waals surface area contributed by atoms with E-state index in [9.17, 15) is 9.59 Å². The summed E-state index contributed by atoms with van der Waals surface area (Å²) in [6.07, 6.45) is 1.62. The lowest BCUT2D eigenvalue weighted by Gasteiger charge is -2.09. The maximum atomic E-state index is 12.1. The molecule has 0 aliphatic carbocycles. The predicted octanol–water partition coefficient (Wildman–Crippen LogP) is 2.83. The van der Waals surface area contributed by atoms with Crippen LogP contribution >= 0.6 is 0 Å². The van der Waals surface area contributed by atoms with E-state index >= 15 is 0 Å². The Balaban J connectivity index is 1.90. The number of hydrogen-bond acceptors (Lipinski definition) is 4. The summed E-state index contributed by atoms with van der Waals surface area (Å²) in [6.45, 7) is 5.62. The molecule has 0 spiro atoms. The van der Waals surface area contributed by atoms with Gasteiger partial charge >= 0.3 is 0 Å². The van der Waals surface area contributed by atoms with Crippen molar-refractivity contribution < 1.29 is 9.59 Å². The van der Waals surface area contributed by atoms with E-state index in [1.54, 1.807) is 25.1 Å². The molecule has 1 heterocycles. The molecule has 2 rings (SSSR count). The van der Waals surface area contributed by atoms with Gasteiger partial charge in [0.15, 0.2) is 0 Å². The second kappa shape index (κ2) is 8.01. The minimum absolute atomic E-state index is 0.0931. The number of aromatic nitrogens is 1. The molecule has 2 amide bonds. The van der Waals surface area contributed by atoms with Gasteiger partial charge in [0, 0.05) is 17.6 Å². The van der Waals surface area contributed by atoms with Gasteiger partial charge in [0.05, 0.1) is 6.42 Å². The molecule has 0 bridgehead atoms. The van der Waals surface area contributed by atoms with Crippen molar-refractivity contribution in [3.8, 4) is 0 Å². The molecule has 0 saturated heterocycles. The van der Waals surface area contributed by atoms with E-state index in [0.29, 0.717) is 5.71 Å². The number of anilines is 1. The molecule has 24 heavy (non-hydrogen) atoms. The van der Waals surface area contributed by atoms with Crippen LogP contribution in [0, 0.1) is 13.8 Å². The van der Waals surface area contributed by atoms with Crippen LogP contribution in [0.15, 0.2) is 47.7 Å². The van der Waals surface area contributed by atoms with Gasteiger partial charge in [-0.2, -0.15) is 5.10 Å². The van der Waals surface area contributed by atoms with Crippen LogP contribution in [-0.4, -0.2) is 22.5 Å². The first-order valence-corrected chi connectivity index (χ1v) is 7.57. The van der Waals surface area contributed by atoms with Gasteiger partial charge in [-0.05, 0) is 44.5 Å². The Morgan fingerprint density at radius 2 is 1.96 bits per heavy atom. The van der Waals surface area contributed by atoms with Crippen molar-refractivity contribution in [2.45, 2.75) is 27.2 Å². The zero-order valence-corrected chi connectivity index (χ0v) is 14.0. The van der Waals surface area contributed by atoms with Crippen molar-refractivity contribution in [3.05, 3.63) is 59.4 Å². The first-order valence-electron chi connectivity index (χ1n) is 7.57. The molecule has 2 aromatic rings. The number of benzene rings is 1. The monoisotopic (exact) mass is 324 g/mol. The molecule has 0 aliphatic heterocycles. The number of hydrogen-bond donors (Lipinski definition) is 2. The van der Waals surface area contributed by atoms with Crippen LogP contribution in [0.5, 0.6) is 0 Å². The summed E-state index contributed by atoms with van der Waals surface area (Å²) in [5.41, 5.74) is 6.08. The topological polar surface area (TPSA) is 83.5 Å². The van der Waals surface area contributed by atoms with Crippen molar-refractivity contribution in [3.63, 3.8) is 0 Å². The highest BCUT2D eigenvalue weighted by Crippen LogP contribution is 2.16. The Hall–Kier alpha value is -3.02. The highest BCUT2D eigenvalue weighted by molar-refractivity contribution is 6.06. The average molecular weight is 324 g/mol. The van der Waals surface area contributed by atoms with Crippen LogP contribution in [0.25, 0.3) is 0 Å². The van der Waals surface area contributed by atoms with E-state index < -0.39 is 5.91 Å². The molecule has 0 saturated carbocycles. The van der Waals surface area contributed by atoms with Gasteiger partial charge in [-0.1, -0.05) is 23.8 Å². The molecule has 1 aromatic heterocycles. The Morgan fingerprint density at radius 3 is 2.62 bits per heavy atom.